The second-order valence-corrected chi connectivity index (χ2v) is 10.4. The van der Waals surface area contributed by atoms with E-state index in [0.717, 1.165) is 37.9 Å². The summed E-state index contributed by atoms with van der Waals surface area (Å²) in [5.41, 5.74) is 6.71. The van der Waals surface area contributed by atoms with Gasteiger partial charge >= 0.3 is 6.03 Å². The number of carbonyl (C=O) groups excluding carboxylic acids is 2. The number of aliphatic hydroxyl groups is 1. The zero-order chi connectivity index (χ0) is 25.6. The lowest BCUT2D eigenvalue weighted by molar-refractivity contribution is -0.0138. The number of amides is 2. The van der Waals surface area contributed by atoms with Crippen molar-refractivity contribution in [1.82, 2.24) is 4.90 Å². The summed E-state index contributed by atoms with van der Waals surface area (Å²) in [5.74, 6) is 0.420. The van der Waals surface area contributed by atoms with Gasteiger partial charge in [-0.15, -0.1) is 0 Å². The normalized spacial score (nSPS) is 16.7. The first-order chi connectivity index (χ1) is 16.5. The average molecular weight is 484 g/mol. The van der Waals surface area contributed by atoms with Crippen LogP contribution < -0.4 is 10.6 Å². The molecule has 2 aromatic carbocycles. The fourth-order valence-corrected chi connectivity index (χ4v) is 5.14. The van der Waals surface area contributed by atoms with Crippen molar-refractivity contribution in [1.29, 1.82) is 0 Å². The first-order valence-electron chi connectivity index (χ1n) is 12.4. The topological polar surface area (TPSA) is 86.9 Å². The number of ketones is 1. The number of carbonyl (C=O) groups is 2. The highest BCUT2D eigenvalue weighted by atomic mass is 19.1. The van der Waals surface area contributed by atoms with E-state index in [-0.39, 0.29) is 24.1 Å². The second-order valence-electron chi connectivity index (χ2n) is 10.4. The van der Waals surface area contributed by atoms with Crippen LogP contribution in [-0.4, -0.2) is 53.6 Å². The van der Waals surface area contributed by atoms with Crippen LogP contribution in [0.15, 0.2) is 48.5 Å². The molecule has 6 nitrogen and oxygen atoms in total. The summed E-state index contributed by atoms with van der Waals surface area (Å²) in [7, 11) is 0. The molecule has 3 N–H and O–H groups in total. The number of β-amino-alcohol motifs (C(OH)–C–C–N with tert-alkyl or cyclic N) is 1. The zero-order valence-corrected chi connectivity index (χ0v) is 21.0. The number of piperidine rings is 1. The molecule has 0 radical (unpaired) electrons. The molecule has 1 aliphatic heterocycles. The molecule has 0 bridgehead atoms. The maximum Gasteiger partial charge on any atom is 0.319 e. The van der Waals surface area contributed by atoms with Crippen LogP contribution in [0.25, 0.3) is 0 Å². The summed E-state index contributed by atoms with van der Waals surface area (Å²) in [6, 6.07) is 12.8. The van der Waals surface area contributed by atoms with E-state index >= 15 is 0 Å². The predicted molar refractivity (Wildman–Crippen MR) is 137 cm³/mol. The first kappa shape index (κ1) is 26.8. The summed E-state index contributed by atoms with van der Waals surface area (Å²) in [5, 5.41) is 11.7. The van der Waals surface area contributed by atoms with E-state index in [0.29, 0.717) is 30.1 Å². The van der Waals surface area contributed by atoms with Gasteiger partial charge in [-0.1, -0.05) is 38.1 Å². The van der Waals surface area contributed by atoms with E-state index < -0.39 is 11.6 Å². The minimum atomic E-state index is -1.15. The van der Waals surface area contributed by atoms with Crippen LogP contribution in [0.1, 0.15) is 56.0 Å². The molecule has 0 spiro atoms. The van der Waals surface area contributed by atoms with E-state index in [4.69, 9.17) is 5.73 Å². The second kappa shape index (κ2) is 11.8. The Bertz CT molecular complexity index is 1000. The molecule has 0 aliphatic carbocycles. The lowest BCUT2D eigenvalue weighted by Gasteiger charge is -2.41. The summed E-state index contributed by atoms with van der Waals surface area (Å²) in [6.45, 7) is 7.76. The van der Waals surface area contributed by atoms with Gasteiger partial charge in [-0.2, -0.15) is 0 Å². The number of likely N-dealkylation sites (tertiary alicyclic amines) is 1. The fourth-order valence-electron chi connectivity index (χ4n) is 5.14. The van der Waals surface area contributed by atoms with Gasteiger partial charge in [-0.25, -0.2) is 9.18 Å². The maximum atomic E-state index is 13.2. The van der Waals surface area contributed by atoms with Gasteiger partial charge in [-0.3, -0.25) is 9.69 Å². The standard InChI is InChI=1S/C28H38FN3O3/c1-20(2)17-28(35,19-32(27(30)34)26-6-4-5-24(16-26)21(3)33)18-31-13-11-23(12-14-31)15-22-7-9-25(29)10-8-22/h4-10,16,20,23,35H,11-15,17-19H2,1-3H3,(H2,30,34). The van der Waals surface area contributed by atoms with Crippen LogP contribution in [0, 0.1) is 17.7 Å². The van der Waals surface area contributed by atoms with Gasteiger partial charge in [0.2, 0.25) is 0 Å². The molecule has 1 heterocycles. The van der Waals surface area contributed by atoms with Gasteiger partial charge in [-0.05, 0) is 87.4 Å². The number of urea groups is 1. The summed E-state index contributed by atoms with van der Waals surface area (Å²) < 4.78 is 13.2. The molecule has 0 aromatic heterocycles. The molecule has 2 amide bonds. The van der Waals surface area contributed by atoms with Gasteiger partial charge in [0.05, 0.1) is 12.1 Å². The molecule has 0 saturated carbocycles. The molecule has 1 saturated heterocycles. The molecule has 1 aliphatic rings. The van der Waals surface area contributed by atoms with Crippen LogP contribution in [0.2, 0.25) is 0 Å². The quantitative estimate of drug-likeness (QED) is 0.482. The number of primary amides is 1. The highest BCUT2D eigenvalue weighted by molar-refractivity contribution is 5.97. The van der Waals surface area contributed by atoms with Gasteiger partial charge < -0.3 is 15.7 Å². The Kier molecular flexibility index (Phi) is 9.03. The Labute approximate surface area is 207 Å². The molecule has 3 rings (SSSR count). The lowest BCUT2D eigenvalue weighted by atomic mass is 9.87. The number of nitrogens with two attached hydrogens (primary N) is 1. The third-order valence-electron chi connectivity index (χ3n) is 6.73. The zero-order valence-electron chi connectivity index (χ0n) is 21.0. The third kappa shape index (κ3) is 7.87. The molecule has 190 valence electrons. The molecular weight excluding hydrogens is 445 g/mol. The van der Waals surface area contributed by atoms with Gasteiger partial charge in [0, 0.05) is 17.8 Å². The molecule has 1 unspecified atom stereocenters. The minimum absolute atomic E-state index is 0.0530. The van der Waals surface area contributed by atoms with Crippen molar-refractivity contribution >= 4 is 17.5 Å². The third-order valence-corrected chi connectivity index (χ3v) is 6.73. The Morgan fingerprint density at radius 3 is 2.40 bits per heavy atom. The van der Waals surface area contributed by atoms with Crippen LogP contribution in [0.3, 0.4) is 0 Å². The number of benzene rings is 2. The van der Waals surface area contributed by atoms with E-state index in [2.05, 4.69) is 4.90 Å². The van der Waals surface area contributed by atoms with Crippen molar-refractivity contribution in [2.24, 2.45) is 17.6 Å². The van der Waals surface area contributed by atoms with Gasteiger partial charge in [0.25, 0.3) is 0 Å². The number of nitrogens with zero attached hydrogens (tertiary/aromatic N) is 2. The summed E-state index contributed by atoms with van der Waals surface area (Å²) in [6.07, 6.45) is 3.43. The Hall–Kier alpha value is -2.77. The van der Waals surface area contributed by atoms with Crippen LogP contribution in [0.4, 0.5) is 14.9 Å². The lowest BCUT2D eigenvalue weighted by Crippen LogP contribution is -2.55. The molecule has 35 heavy (non-hydrogen) atoms. The minimum Gasteiger partial charge on any atom is -0.387 e. The number of hydrogen-bond donors (Lipinski definition) is 2. The fraction of sp³-hybridized carbons (Fsp3) is 0.500. The van der Waals surface area contributed by atoms with Crippen molar-refractivity contribution < 1.29 is 19.1 Å². The van der Waals surface area contributed by atoms with Crippen LogP contribution in [0.5, 0.6) is 0 Å². The van der Waals surface area contributed by atoms with E-state index in [1.54, 1.807) is 24.3 Å². The molecule has 1 fully saturated rings. The van der Waals surface area contributed by atoms with Crippen molar-refractivity contribution in [2.75, 3.05) is 31.1 Å². The number of Topliss-reactive ketones (excluding diaryl/α,β-unsaturated/α-hetero) is 1. The Balaban J connectivity index is 1.68. The summed E-state index contributed by atoms with van der Waals surface area (Å²) >= 11 is 0. The molecule has 2 aromatic rings. The average Bonchev–Trinajstić information content (AvgIpc) is 2.80. The maximum absolute atomic E-state index is 13.2. The number of halogens is 1. The Morgan fingerprint density at radius 2 is 1.83 bits per heavy atom. The van der Waals surface area contributed by atoms with Crippen LogP contribution >= 0.6 is 0 Å². The summed E-state index contributed by atoms with van der Waals surface area (Å²) in [4.78, 5) is 27.9. The highest BCUT2D eigenvalue weighted by Crippen LogP contribution is 2.28. The number of anilines is 1. The predicted octanol–water partition coefficient (Wildman–Crippen LogP) is 4.65. The van der Waals surface area contributed by atoms with E-state index in [1.807, 2.05) is 26.0 Å². The SMILES string of the molecule is CC(=O)c1cccc(N(CC(O)(CC(C)C)CN2CCC(Cc3ccc(F)cc3)CC2)C(N)=O)c1. The van der Waals surface area contributed by atoms with Crippen molar-refractivity contribution in [2.45, 2.75) is 52.1 Å². The van der Waals surface area contributed by atoms with E-state index in [9.17, 15) is 19.1 Å². The largest absolute Gasteiger partial charge is 0.387 e. The monoisotopic (exact) mass is 483 g/mol. The van der Waals surface area contributed by atoms with Crippen molar-refractivity contribution in [3.05, 3.63) is 65.5 Å². The first-order valence-corrected chi connectivity index (χ1v) is 12.4. The molecular formula is C28H38FN3O3. The highest BCUT2D eigenvalue weighted by Gasteiger charge is 2.35. The van der Waals surface area contributed by atoms with E-state index in [1.165, 1.54) is 24.0 Å². The van der Waals surface area contributed by atoms with Crippen LogP contribution in [-0.2, 0) is 6.42 Å². The smallest absolute Gasteiger partial charge is 0.319 e. The Morgan fingerprint density at radius 1 is 1.17 bits per heavy atom. The number of hydrogen-bond acceptors (Lipinski definition) is 4. The van der Waals surface area contributed by atoms with Crippen molar-refractivity contribution in [3.8, 4) is 0 Å². The number of rotatable bonds is 10. The van der Waals surface area contributed by atoms with Crippen molar-refractivity contribution in [3.63, 3.8) is 0 Å². The molecule has 7 heteroatoms. The van der Waals surface area contributed by atoms with Gasteiger partial charge in [0.15, 0.2) is 5.78 Å². The molecule has 1 atom stereocenters. The van der Waals surface area contributed by atoms with Gasteiger partial charge in [0.1, 0.15) is 5.82 Å².